The first-order valence-electron chi connectivity index (χ1n) is 8.13. The summed E-state index contributed by atoms with van der Waals surface area (Å²) in [5.74, 6) is -0.0330. The van der Waals surface area contributed by atoms with Gasteiger partial charge in [0.25, 0.3) is 0 Å². The van der Waals surface area contributed by atoms with E-state index in [0.717, 1.165) is 5.39 Å². The van der Waals surface area contributed by atoms with Crippen molar-refractivity contribution in [3.8, 4) is 5.75 Å². The van der Waals surface area contributed by atoms with Crippen molar-refractivity contribution in [1.82, 2.24) is 4.98 Å². The predicted molar refractivity (Wildman–Crippen MR) is 105 cm³/mol. The highest BCUT2D eigenvalue weighted by Crippen LogP contribution is 2.25. The number of nitrogens with zero attached hydrogens (tertiary/aromatic N) is 1. The van der Waals surface area contributed by atoms with Crippen molar-refractivity contribution in [3.63, 3.8) is 0 Å². The van der Waals surface area contributed by atoms with Gasteiger partial charge in [0.1, 0.15) is 17.5 Å². The van der Waals surface area contributed by atoms with Gasteiger partial charge in [0, 0.05) is 17.0 Å². The van der Waals surface area contributed by atoms with Gasteiger partial charge in [-0.2, -0.15) is 0 Å². The molecule has 9 heteroatoms. The van der Waals surface area contributed by atoms with Crippen molar-refractivity contribution < 1.29 is 22.7 Å². The quantitative estimate of drug-likeness (QED) is 0.501. The molecule has 1 aromatic heterocycles. The van der Waals surface area contributed by atoms with Gasteiger partial charge in [0.15, 0.2) is 0 Å². The maximum Gasteiger partial charge on any atom is 0.338 e. The van der Waals surface area contributed by atoms with Gasteiger partial charge < -0.3 is 9.47 Å². The summed E-state index contributed by atoms with van der Waals surface area (Å²) in [6.07, 6.45) is 0. The molecule has 146 valence electrons. The van der Waals surface area contributed by atoms with Crippen molar-refractivity contribution in [1.29, 1.82) is 0 Å². The molecule has 3 rings (SSSR count). The number of ether oxygens (including phenoxy) is 2. The van der Waals surface area contributed by atoms with E-state index in [1.54, 1.807) is 32.2 Å². The van der Waals surface area contributed by atoms with Crippen molar-refractivity contribution in [3.05, 3.63) is 64.3 Å². The second-order valence-electron chi connectivity index (χ2n) is 6.09. The Morgan fingerprint density at radius 1 is 1.18 bits per heavy atom. The van der Waals surface area contributed by atoms with Crippen LogP contribution in [0, 0.1) is 6.92 Å². The van der Waals surface area contributed by atoms with Crippen LogP contribution in [-0.2, 0) is 21.4 Å². The Morgan fingerprint density at radius 2 is 1.93 bits per heavy atom. The minimum Gasteiger partial charge on any atom is -0.497 e. The van der Waals surface area contributed by atoms with Gasteiger partial charge in [0.05, 0.1) is 23.1 Å². The molecule has 0 bridgehead atoms. The molecular weight excluding hydrogens is 404 g/mol. The first kappa shape index (κ1) is 20.1. The van der Waals surface area contributed by atoms with E-state index in [4.69, 9.17) is 26.2 Å². The number of primary sulfonamides is 1. The van der Waals surface area contributed by atoms with E-state index in [0.29, 0.717) is 22.4 Å². The molecule has 0 aliphatic carbocycles. The molecule has 1 heterocycles. The van der Waals surface area contributed by atoms with E-state index in [9.17, 15) is 13.2 Å². The number of halogens is 1. The molecule has 0 saturated heterocycles. The summed E-state index contributed by atoms with van der Waals surface area (Å²) in [7, 11) is -2.37. The van der Waals surface area contributed by atoms with E-state index >= 15 is 0 Å². The Bertz CT molecular complexity index is 1180. The molecule has 2 N–H and O–H groups in total. The van der Waals surface area contributed by atoms with Crippen LogP contribution in [-0.4, -0.2) is 26.5 Å². The minimum absolute atomic E-state index is 0.112. The monoisotopic (exact) mass is 420 g/mol. The Morgan fingerprint density at radius 3 is 2.61 bits per heavy atom. The SMILES string of the molecule is COc1ccc2cc(COC(=O)c3cc(S(N)(=O)=O)ccc3C)c(Cl)nc2c1. The normalized spacial score (nSPS) is 11.4. The molecule has 0 amide bonds. The Labute approximate surface area is 167 Å². The van der Waals surface area contributed by atoms with Crippen LogP contribution in [0.1, 0.15) is 21.5 Å². The van der Waals surface area contributed by atoms with E-state index in [2.05, 4.69) is 4.98 Å². The number of aromatic nitrogens is 1. The molecule has 0 unspecified atom stereocenters. The Hall–Kier alpha value is -2.68. The van der Waals surface area contributed by atoms with E-state index in [1.807, 2.05) is 6.07 Å². The molecular formula is C19H17ClN2O5S. The van der Waals surface area contributed by atoms with Crippen LogP contribution in [0.4, 0.5) is 0 Å². The molecule has 7 nitrogen and oxygen atoms in total. The van der Waals surface area contributed by atoms with Gasteiger partial charge in [-0.05, 0) is 42.8 Å². The molecule has 2 aromatic carbocycles. The number of pyridine rings is 1. The third-order valence-electron chi connectivity index (χ3n) is 4.17. The number of hydrogen-bond acceptors (Lipinski definition) is 6. The highest BCUT2D eigenvalue weighted by molar-refractivity contribution is 7.89. The smallest absolute Gasteiger partial charge is 0.338 e. The van der Waals surface area contributed by atoms with Crippen LogP contribution in [0.15, 0.2) is 47.4 Å². The molecule has 0 saturated carbocycles. The molecule has 0 spiro atoms. The number of nitrogens with two attached hydrogens (primary N) is 1. The molecule has 0 atom stereocenters. The first-order valence-corrected chi connectivity index (χ1v) is 10.0. The molecule has 0 aliphatic rings. The molecule has 0 radical (unpaired) electrons. The number of carbonyl (C=O) groups excluding carboxylic acids is 1. The van der Waals surface area contributed by atoms with Crippen LogP contribution in [0.2, 0.25) is 5.15 Å². The first-order chi connectivity index (χ1) is 13.2. The lowest BCUT2D eigenvalue weighted by atomic mass is 10.1. The zero-order valence-electron chi connectivity index (χ0n) is 15.1. The number of benzene rings is 2. The summed E-state index contributed by atoms with van der Waals surface area (Å²) in [5, 5.41) is 6.13. The minimum atomic E-state index is -3.93. The molecule has 0 aliphatic heterocycles. The summed E-state index contributed by atoms with van der Waals surface area (Å²) in [4.78, 5) is 16.6. The van der Waals surface area contributed by atoms with Gasteiger partial charge in [-0.3, -0.25) is 0 Å². The number of sulfonamides is 1. The highest BCUT2D eigenvalue weighted by Gasteiger charge is 2.17. The van der Waals surface area contributed by atoms with Gasteiger partial charge >= 0.3 is 5.97 Å². The van der Waals surface area contributed by atoms with Crippen molar-refractivity contribution in [2.75, 3.05) is 7.11 Å². The van der Waals surface area contributed by atoms with Crippen LogP contribution < -0.4 is 9.88 Å². The molecule has 3 aromatic rings. The number of carbonyl (C=O) groups is 1. The van der Waals surface area contributed by atoms with Crippen molar-refractivity contribution in [2.45, 2.75) is 18.4 Å². The number of hydrogen-bond donors (Lipinski definition) is 1. The van der Waals surface area contributed by atoms with Gasteiger partial charge in [-0.15, -0.1) is 0 Å². The summed E-state index contributed by atoms with van der Waals surface area (Å²) in [5.41, 5.74) is 1.84. The lowest BCUT2D eigenvalue weighted by Gasteiger charge is -2.10. The number of rotatable bonds is 5. The number of esters is 1. The Balaban J connectivity index is 1.84. The predicted octanol–water partition coefficient (Wildman–Crippen LogP) is 3.21. The van der Waals surface area contributed by atoms with Crippen molar-refractivity contribution >= 4 is 38.5 Å². The number of methoxy groups -OCH3 is 1. The zero-order chi connectivity index (χ0) is 20.5. The maximum atomic E-state index is 12.4. The van der Waals surface area contributed by atoms with Crippen molar-refractivity contribution in [2.24, 2.45) is 5.14 Å². The maximum absolute atomic E-state index is 12.4. The largest absolute Gasteiger partial charge is 0.497 e. The van der Waals surface area contributed by atoms with E-state index in [-0.39, 0.29) is 22.2 Å². The third-order valence-corrected chi connectivity index (χ3v) is 5.41. The lowest BCUT2D eigenvalue weighted by Crippen LogP contribution is -2.14. The molecule has 28 heavy (non-hydrogen) atoms. The fraction of sp³-hybridized carbons (Fsp3) is 0.158. The lowest BCUT2D eigenvalue weighted by molar-refractivity contribution is 0.0471. The third kappa shape index (κ3) is 4.24. The average Bonchev–Trinajstić information content (AvgIpc) is 2.65. The van der Waals surface area contributed by atoms with Crippen LogP contribution in [0.3, 0.4) is 0 Å². The van der Waals surface area contributed by atoms with Crippen LogP contribution in [0.5, 0.6) is 5.75 Å². The van der Waals surface area contributed by atoms with Crippen LogP contribution >= 0.6 is 11.6 Å². The van der Waals surface area contributed by atoms with E-state index in [1.165, 1.54) is 18.2 Å². The van der Waals surface area contributed by atoms with Crippen LogP contribution in [0.25, 0.3) is 10.9 Å². The summed E-state index contributed by atoms with van der Waals surface area (Å²) in [6, 6.07) is 11.1. The van der Waals surface area contributed by atoms with Gasteiger partial charge in [-0.1, -0.05) is 17.7 Å². The standard InChI is InChI=1S/C19H17ClN2O5S/c1-11-3-6-15(28(21,24)25)9-16(11)19(23)27-10-13-7-12-4-5-14(26-2)8-17(12)22-18(13)20/h3-9H,10H2,1-2H3,(H2,21,24,25). The second-order valence-corrected chi connectivity index (χ2v) is 8.01. The van der Waals surface area contributed by atoms with Gasteiger partial charge in [0.2, 0.25) is 10.0 Å². The average molecular weight is 421 g/mol. The second kappa shape index (κ2) is 7.75. The van der Waals surface area contributed by atoms with E-state index < -0.39 is 16.0 Å². The zero-order valence-corrected chi connectivity index (χ0v) is 16.7. The molecule has 0 fully saturated rings. The summed E-state index contributed by atoms with van der Waals surface area (Å²) in [6.45, 7) is 1.55. The summed E-state index contributed by atoms with van der Waals surface area (Å²) < 4.78 is 33.5. The Kier molecular flexibility index (Phi) is 5.55. The summed E-state index contributed by atoms with van der Waals surface area (Å²) >= 11 is 6.21. The fourth-order valence-electron chi connectivity index (χ4n) is 2.61. The number of aryl methyl sites for hydroxylation is 1. The highest BCUT2D eigenvalue weighted by atomic mass is 35.5. The fourth-order valence-corrected chi connectivity index (χ4v) is 3.35. The van der Waals surface area contributed by atoms with Gasteiger partial charge in [-0.25, -0.2) is 23.3 Å². The topological polar surface area (TPSA) is 109 Å². The number of fused-ring (bicyclic) bond motifs is 1.